The number of methoxy groups -OCH3 is 1. The summed E-state index contributed by atoms with van der Waals surface area (Å²) in [6, 6.07) is 16.6. The molecule has 0 unspecified atom stereocenters. The van der Waals surface area contributed by atoms with Gasteiger partial charge in [-0.15, -0.1) is 0 Å². The van der Waals surface area contributed by atoms with Crippen LogP contribution in [0.25, 0.3) is 5.69 Å². The van der Waals surface area contributed by atoms with E-state index in [1.807, 2.05) is 24.4 Å². The second-order valence-electron chi connectivity index (χ2n) is 8.50. The first kappa shape index (κ1) is 23.0. The van der Waals surface area contributed by atoms with Gasteiger partial charge in [-0.3, -0.25) is 9.78 Å². The molecule has 3 heterocycles. The lowest BCUT2D eigenvalue weighted by Crippen LogP contribution is -2.31. The zero-order valence-corrected chi connectivity index (χ0v) is 20.4. The monoisotopic (exact) mass is 462 g/mol. The second kappa shape index (κ2) is 9.75. The molecule has 2 atom stereocenters. The minimum atomic E-state index is -0.205. The normalized spacial score (nSPS) is 17.8. The molecule has 172 valence electrons. The van der Waals surface area contributed by atoms with Crippen LogP contribution in [-0.4, -0.2) is 39.2 Å². The molecule has 1 N–H and O–H groups in total. The average Bonchev–Trinajstić information content (AvgIpc) is 3.29. The van der Waals surface area contributed by atoms with Crippen molar-refractivity contribution in [2.24, 2.45) is 0 Å². The number of esters is 1. The lowest BCUT2D eigenvalue weighted by atomic mass is 9.96. The number of aromatic nitrogens is 2. The van der Waals surface area contributed by atoms with E-state index in [1.165, 1.54) is 29.6 Å². The molecule has 1 saturated heterocycles. The van der Waals surface area contributed by atoms with E-state index in [0.29, 0.717) is 24.5 Å². The molecular formula is C26H30N4O2S. The zero-order chi connectivity index (χ0) is 23.5. The lowest BCUT2D eigenvalue weighted by molar-refractivity contribution is -0.140. The summed E-state index contributed by atoms with van der Waals surface area (Å²) in [4.78, 5) is 18.5. The number of aryl methyl sites for hydroxylation is 2. The number of benzene rings is 1. The summed E-state index contributed by atoms with van der Waals surface area (Å²) in [5, 5.41) is 4.18. The van der Waals surface area contributed by atoms with Gasteiger partial charge in [0.25, 0.3) is 0 Å². The first-order chi connectivity index (χ1) is 15.9. The van der Waals surface area contributed by atoms with Crippen LogP contribution in [0.3, 0.4) is 0 Å². The van der Waals surface area contributed by atoms with Gasteiger partial charge in [-0.1, -0.05) is 18.2 Å². The van der Waals surface area contributed by atoms with Crippen LogP contribution < -0.4 is 5.32 Å². The van der Waals surface area contributed by atoms with E-state index >= 15 is 0 Å². The summed E-state index contributed by atoms with van der Waals surface area (Å²) in [6.45, 7) is 7.06. The zero-order valence-electron chi connectivity index (χ0n) is 19.5. The van der Waals surface area contributed by atoms with Gasteiger partial charge >= 0.3 is 5.97 Å². The summed E-state index contributed by atoms with van der Waals surface area (Å²) in [5.74, 6) is -0.205. The Morgan fingerprint density at radius 2 is 1.97 bits per heavy atom. The molecule has 0 saturated carbocycles. The number of pyridine rings is 1. The van der Waals surface area contributed by atoms with Crippen molar-refractivity contribution in [3.8, 4) is 5.69 Å². The summed E-state index contributed by atoms with van der Waals surface area (Å²) >= 11 is 5.76. The third kappa shape index (κ3) is 4.64. The predicted octanol–water partition coefficient (Wildman–Crippen LogP) is 4.72. The molecule has 0 spiro atoms. The Hall–Kier alpha value is -3.19. The van der Waals surface area contributed by atoms with Gasteiger partial charge in [0.2, 0.25) is 0 Å². The number of nitrogens with zero attached hydrogens (tertiary/aromatic N) is 3. The highest BCUT2D eigenvalue weighted by molar-refractivity contribution is 7.80. The van der Waals surface area contributed by atoms with Crippen LogP contribution in [0.4, 0.5) is 0 Å². The Morgan fingerprint density at radius 1 is 1.15 bits per heavy atom. The van der Waals surface area contributed by atoms with Gasteiger partial charge in [-0.25, -0.2) is 0 Å². The van der Waals surface area contributed by atoms with E-state index < -0.39 is 0 Å². The second-order valence-corrected chi connectivity index (χ2v) is 8.89. The van der Waals surface area contributed by atoms with E-state index in [1.54, 1.807) is 0 Å². The fourth-order valence-electron chi connectivity index (χ4n) is 4.73. The van der Waals surface area contributed by atoms with Crippen LogP contribution in [0.15, 0.2) is 54.7 Å². The minimum Gasteiger partial charge on any atom is -0.469 e. The molecule has 33 heavy (non-hydrogen) atoms. The number of hydrogen-bond donors (Lipinski definition) is 1. The van der Waals surface area contributed by atoms with Crippen molar-refractivity contribution >= 4 is 23.3 Å². The van der Waals surface area contributed by atoms with Crippen molar-refractivity contribution in [3.05, 3.63) is 82.9 Å². The van der Waals surface area contributed by atoms with Gasteiger partial charge in [0.1, 0.15) is 0 Å². The molecule has 1 aromatic carbocycles. The SMILES string of the molecule is COC(=O)CCCN1C(=S)N[C@H](c2ccccn2)[C@H]1c1cc(C)n(-c2cccc(C)c2)c1C. The number of hydrogen-bond acceptors (Lipinski definition) is 4. The maximum atomic E-state index is 11.7. The van der Waals surface area contributed by atoms with E-state index in [2.05, 4.69) is 70.9 Å². The van der Waals surface area contributed by atoms with Crippen molar-refractivity contribution in [1.82, 2.24) is 19.8 Å². The summed E-state index contributed by atoms with van der Waals surface area (Å²) in [6.07, 6.45) is 2.84. The highest BCUT2D eigenvalue weighted by Crippen LogP contribution is 2.41. The molecule has 0 bridgehead atoms. The first-order valence-corrected chi connectivity index (χ1v) is 11.6. The largest absolute Gasteiger partial charge is 0.469 e. The molecule has 1 aliphatic rings. The van der Waals surface area contributed by atoms with Crippen LogP contribution in [0, 0.1) is 20.8 Å². The highest BCUT2D eigenvalue weighted by Gasteiger charge is 2.41. The van der Waals surface area contributed by atoms with Crippen molar-refractivity contribution in [3.63, 3.8) is 0 Å². The van der Waals surface area contributed by atoms with Crippen LogP contribution in [-0.2, 0) is 9.53 Å². The number of thiocarbonyl (C=S) groups is 1. The quantitative estimate of drug-likeness (QED) is 0.405. The van der Waals surface area contributed by atoms with Crippen LogP contribution in [0.2, 0.25) is 0 Å². The highest BCUT2D eigenvalue weighted by atomic mass is 32.1. The summed E-state index contributed by atoms with van der Waals surface area (Å²) in [5.41, 5.74) is 6.86. The third-order valence-electron chi connectivity index (χ3n) is 6.25. The summed E-state index contributed by atoms with van der Waals surface area (Å²) in [7, 11) is 1.42. The van der Waals surface area contributed by atoms with Gasteiger partial charge in [-0.2, -0.15) is 0 Å². The molecule has 4 rings (SSSR count). The van der Waals surface area contributed by atoms with E-state index in [-0.39, 0.29) is 18.1 Å². The van der Waals surface area contributed by atoms with E-state index in [0.717, 1.165) is 11.4 Å². The van der Waals surface area contributed by atoms with Crippen LogP contribution >= 0.6 is 12.2 Å². The van der Waals surface area contributed by atoms with E-state index in [9.17, 15) is 4.79 Å². The van der Waals surface area contributed by atoms with Crippen molar-refractivity contribution in [2.45, 2.75) is 45.7 Å². The number of nitrogens with one attached hydrogen (secondary N) is 1. The van der Waals surface area contributed by atoms with E-state index in [4.69, 9.17) is 17.0 Å². The van der Waals surface area contributed by atoms with Crippen molar-refractivity contribution in [2.75, 3.05) is 13.7 Å². The Labute approximate surface area is 200 Å². The Bertz CT molecular complexity index is 1160. The third-order valence-corrected chi connectivity index (χ3v) is 6.61. The number of carbonyl (C=O) groups is 1. The maximum absolute atomic E-state index is 11.7. The Balaban J connectivity index is 1.75. The Kier molecular flexibility index (Phi) is 6.79. The summed E-state index contributed by atoms with van der Waals surface area (Å²) < 4.78 is 7.12. The molecule has 0 amide bonds. The van der Waals surface area contributed by atoms with Gasteiger partial charge in [-0.05, 0) is 80.9 Å². The average molecular weight is 463 g/mol. The number of carbonyl (C=O) groups excluding carboxylic acids is 1. The van der Waals surface area contributed by atoms with Gasteiger partial charge in [0.15, 0.2) is 5.11 Å². The van der Waals surface area contributed by atoms with Crippen molar-refractivity contribution in [1.29, 1.82) is 0 Å². The molecule has 0 aliphatic carbocycles. The van der Waals surface area contributed by atoms with Gasteiger partial charge < -0.3 is 19.5 Å². The lowest BCUT2D eigenvalue weighted by Gasteiger charge is -2.28. The molecule has 6 nitrogen and oxygen atoms in total. The fraction of sp³-hybridized carbons (Fsp3) is 0.346. The molecule has 0 radical (unpaired) electrons. The molecule has 1 aliphatic heterocycles. The van der Waals surface area contributed by atoms with Gasteiger partial charge in [0.05, 0.1) is 24.9 Å². The predicted molar refractivity (Wildman–Crippen MR) is 133 cm³/mol. The smallest absolute Gasteiger partial charge is 0.305 e. The topological polar surface area (TPSA) is 59.4 Å². The molecular weight excluding hydrogens is 432 g/mol. The Morgan fingerprint density at radius 3 is 2.67 bits per heavy atom. The molecule has 1 fully saturated rings. The molecule has 2 aromatic heterocycles. The first-order valence-electron chi connectivity index (χ1n) is 11.2. The minimum absolute atomic E-state index is 0.0326. The fourth-order valence-corrected chi connectivity index (χ4v) is 5.06. The molecule has 7 heteroatoms. The van der Waals surface area contributed by atoms with Crippen LogP contribution in [0.5, 0.6) is 0 Å². The molecule has 3 aromatic rings. The standard InChI is InChI=1S/C26H30N4O2S/c1-17-9-7-10-20(15-17)30-18(2)16-21(19(30)3)25-24(22-11-5-6-13-27-22)28-26(33)29(25)14-8-12-23(31)32-4/h5-7,9-11,13,15-16,24-25H,8,12,14H2,1-4H3,(H,28,33)/t24-,25-/m1/s1. The maximum Gasteiger partial charge on any atom is 0.305 e. The van der Waals surface area contributed by atoms with Crippen LogP contribution in [0.1, 0.15) is 53.1 Å². The number of ether oxygens (including phenoxy) is 1. The number of rotatable bonds is 7. The van der Waals surface area contributed by atoms with Crippen molar-refractivity contribution < 1.29 is 9.53 Å². The van der Waals surface area contributed by atoms with Gasteiger partial charge in [0, 0.05) is 36.2 Å².